The maximum absolute atomic E-state index is 11.8. The highest BCUT2D eigenvalue weighted by Crippen LogP contribution is 2.26. The van der Waals surface area contributed by atoms with Gasteiger partial charge in [-0.3, -0.25) is 4.79 Å². The molecule has 1 aromatic carbocycles. The van der Waals surface area contributed by atoms with Crippen molar-refractivity contribution in [3.63, 3.8) is 0 Å². The number of hydrogen-bond donors (Lipinski definition) is 2. The summed E-state index contributed by atoms with van der Waals surface area (Å²) in [6.45, 7) is 0. The molecule has 0 fully saturated rings. The minimum Gasteiger partial charge on any atom is -0.495 e. The van der Waals surface area contributed by atoms with Gasteiger partial charge in [0.25, 0.3) is 5.91 Å². The Morgan fingerprint density at radius 2 is 2.35 bits per heavy atom. The number of carbonyl (C=O) groups excluding carboxylic acids is 1. The Labute approximate surface area is 102 Å². The van der Waals surface area contributed by atoms with Crippen molar-refractivity contribution < 1.29 is 9.53 Å². The zero-order chi connectivity index (χ0) is 12.3. The third-order valence-electron chi connectivity index (χ3n) is 2.14. The molecule has 2 rings (SSSR count). The molecule has 0 unspecified atom stereocenters. The van der Waals surface area contributed by atoms with Gasteiger partial charge in [0.05, 0.1) is 18.3 Å². The second-order valence-electron chi connectivity index (χ2n) is 3.29. The van der Waals surface area contributed by atoms with Crippen LogP contribution in [0.2, 0.25) is 0 Å². The number of nitrogens with two attached hydrogens (primary N) is 1. The van der Waals surface area contributed by atoms with Gasteiger partial charge in [-0.25, -0.2) is 4.98 Å². The number of rotatable bonds is 3. The number of amides is 1. The van der Waals surface area contributed by atoms with E-state index in [2.05, 4.69) is 10.3 Å². The molecular formula is C11H11N3O2S. The third kappa shape index (κ3) is 2.54. The Morgan fingerprint density at radius 3 is 3.00 bits per heavy atom. The highest BCUT2D eigenvalue weighted by atomic mass is 32.1. The Bertz CT molecular complexity index is 526. The number of aromatic nitrogens is 1. The fraction of sp³-hybridized carbons (Fsp3) is 0.0909. The molecule has 0 saturated carbocycles. The molecule has 3 N–H and O–H groups in total. The molecule has 88 valence electrons. The lowest BCUT2D eigenvalue weighted by molar-refractivity contribution is 0.102. The number of thiazole rings is 1. The van der Waals surface area contributed by atoms with Crippen LogP contribution < -0.4 is 15.8 Å². The van der Waals surface area contributed by atoms with E-state index in [1.165, 1.54) is 18.4 Å². The first-order valence-electron chi connectivity index (χ1n) is 4.84. The molecule has 0 saturated heterocycles. The van der Waals surface area contributed by atoms with E-state index in [1.807, 2.05) is 0 Å². The minimum absolute atomic E-state index is 0.282. The van der Waals surface area contributed by atoms with Crippen LogP contribution in [0, 0.1) is 0 Å². The number of nitrogens with zero attached hydrogens (tertiary/aromatic N) is 1. The van der Waals surface area contributed by atoms with E-state index in [4.69, 9.17) is 10.5 Å². The van der Waals surface area contributed by atoms with Gasteiger partial charge in [-0.2, -0.15) is 0 Å². The zero-order valence-electron chi connectivity index (χ0n) is 9.14. The number of carbonyl (C=O) groups is 1. The van der Waals surface area contributed by atoms with Gasteiger partial charge in [-0.1, -0.05) is 0 Å². The van der Waals surface area contributed by atoms with E-state index in [1.54, 1.807) is 29.1 Å². The van der Waals surface area contributed by atoms with Gasteiger partial charge in [0, 0.05) is 11.1 Å². The molecule has 1 heterocycles. The first kappa shape index (κ1) is 11.4. The predicted molar refractivity (Wildman–Crippen MR) is 67.5 cm³/mol. The quantitative estimate of drug-likeness (QED) is 0.815. The number of hydrogen-bond acceptors (Lipinski definition) is 5. The van der Waals surface area contributed by atoms with Crippen molar-refractivity contribution in [2.75, 3.05) is 18.2 Å². The molecule has 6 heteroatoms. The first-order chi connectivity index (χ1) is 8.20. The van der Waals surface area contributed by atoms with Crippen molar-refractivity contribution in [3.05, 3.63) is 34.8 Å². The van der Waals surface area contributed by atoms with Gasteiger partial charge in [0.1, 0.15) is 11.4 Å². The number of nitrogens with one attached hydrogen (secondary N) is 1. The molecule has 0 bridgehead atoms. The van der Waals surface area contributed by atoms with Crippen LogP contribution in [-0.2, 0) is 0 Å². The molecule has 1 amide bonds. The molecule has 0 atom stereocenters. The first-order valence-corrected chi connectivity index (χ1v) is 5.78. The van der Waals surface area contributed by atoms with Crippen LogP contribution in [0.5, 0.6) is 5.75 Å². The van der Waals surface area contributed by atoms with Crippen molar-refractivity contribution in [1.82, 2.24) is 4.98 Å². The Kier molecular flexibility index (Phi) is 3.24. The van der Waals surface area contributed by atoms with Crippen molar-refractivity contribution >= 4 is 28.6 Å². The average Bonchev–Trinajstić information content (AvgIpc) is 2.83. The largest absolute Gasteiger partial charge is 0.495 e. The van der Waals surface area contributed by atoms with Crippen LogP contribution >= 0.6 is 11.3 Å². The second-order valence-corrected chi connectivity index (χ2v) is 4.01. The van der Waals surface area contributed by atoms with E-state index in [0.717, 1.165) is 0 Å². The Balaban J connectivity index is 2.23. The van der Waals surface area contributed by atoms with Crippen molar-refractivity contribution in [3.8, 4) is 5.75 Å². The summed E-state index contributed by atoms with van der Waals surface area (Å²) in [6, 6.07) is 5.05. The van der Waals surface area contributed by atoms with Gasteiger partial charge in [0.2, 0.25) is 0 Å². The number of benzene rings is 1. The van der Waals surface area contributed by atoms with E-state index in [0.29, 0.717) is 22.8 Å². The topological polar surface area (TPSA) is 77.2 Å². The summed E-state index contributed by atoms with van der Waals surface area (Å²) in [7, 11) is 1.53. The van der Waals surface area contributed by atoms with E-state index in [9.17, 15) is 4.79 Å². The fourth-order valence-corrected chi connectivity index (χ4v) is 1.87. The van der Waals surface area contributed by atoms with E-state index in [-0.39, 0.29) is 5.91 Å². The molecule has 0 aliphatic heterocycles. The summed E-state index contributed by atoms with van der Waals surface area (Å²) in [6.07, 6.45) is 0. The van der Waals surface area contributed by atoms with Crippen LogP contribution in [0.15, 0.2) is 29.1 Å². The molecule has 0 radical (unpaired) electrons. The average molecular weight is 249 g/mol. The van der Waals surface area contributed by atoms with Crippen molar-refractivity contribution in [1.29, 1.82) is 0 Å². The highest BCUT2D eigenvalue weighted by molar-refractivity contribution is 7.07. The summed E-state index contributed by atoms with van der Waals surface area (Å²) in [5, 5.41) is 4.38. The Morgan fingerprint density at radius 1 is 1.53 bits per heavy atom. The maximum atomic E-state index is 11.8. The lowest BCUT2D eigenvalue weighted by Crippen LogP contribution is -2.13. The molecule has 0 aliphatic carbocycles. The smallest absolute Gasteiger partial charge is 0.275 e. The van der Waals surface area contributed by atoms with Gasteiger partial charge < -0.3 is 15.8 Å². The normalized spacial score (nSPS) is 9.94. The molecule has 0 aliphatic rings. The van der Waals surface area contributed by atoms with Crippen molar-refractivity contribution in [2.24, 2.45) is 0 Å². The van der Waals surface area contributed by atoms with Crippen LogP contribution in [0.4, 0.5) is 11.4 Å². The molecule has 5 nitrogen and oxygen atoms in total. The highest BCUT2D eigenvalue weighted by Gasteiger charge is 2.11. The van der Waals surface area contributed by atoms with Crippen LogP contribution in [-0.4, -0.2) is 18.0 Å². The summed E-state index contributed by atoms with van der Waals surface area (Å²) in [5.74, 6) is 0.276. The van der Waals surface area contributed by atoms with Gasteiger partial charge in [0.15, 0.2) is 0 Å². The molecule has 2 aromatic rings. The molecule has 17 heavy (non-hydrogen) atoms. The van der Waals surface area contributed by atoms with Crippen LogP contribution in [0.1, 0.15) is 10.5 Å². The number of methoxy groups -OCH3 is 1. The summed E-state index contributed by atoms with van der Waals surface area (Å²) in [5.41, 5.74) is 8.72. The molecule has 1 aromatic heterocycles. The molecular weight excluding hydrogens is 238 g/mol. The number of nitrogen functional groups attached to an aromatic ring is 1. The fourth-order valence-electron chi connectivity index (χ4n) is 1.33. The monoisotopic (exact) mass is 249 g/mol. The summed E-state index contributed by atoms with van der Waals surface area (Å²) in [4.78, 5) is 15.7. The van der Waals surface area contributed by atoms with Crippen LogP contribution in [0.3, 0.4) is 0 Å². The second kappa shape index (κ2) is 4.84. The van der Waals surface area contributed by atoms with E-state index >= 15 is 0 Å². The molecule has 0 spiro atoms. The van der Waals surface area contributed by atoms with Gasteiger partial charge in [-0.05, 0) is 18.2 Å². The Hall–Kier alpha value is -2.08. The third-order valence-corrected chi connectivity index (χ3v) is 2.72. The lowest BCUT2D eigenvalue weighted by Gasteiger charge is -2.09. The van der Waals surface area contributed by atoms with E-state index < -0.39 is 0 Å². The standard InChI is InChI=1S/C11H11N3O2S/c1-16-10-3-2-7(12)4-8(10)14-11(15)9-5-17-6-13-9/h2-6H,12H2,1H3,(H,14,15). The van der Waals surface area contributed by atoms with Gasteiger partial charge >= 0.3 is 0 Å². The van der Waals surface area contributed by atoms with Crippen molar-refractivity contribution in [2.45, 2.75) is 0 Å². The zero-order valence-corrected chi connectivity index (χ0v) is 9.95. The predicted octanol–water partition coefficient (Wildman–Crippen LogP) is 1.99. The maximum Gasteiger partial charge on any atom is 0.275 e. The number of anilines is 2. The van der Waals surface area contributed by atoms with Gasteiger partial charge in [-0.15, -0.1) is 11.3 Å². The minimum atomic E-state index is -0.282. The van der Waals surface area contributed by atoms with Crippen LogP contribution in [0.25, 0.3) is 0 Å². The SMILES string of the molecule is COc1ccc(N)cc1NC(=O)c1cscn1. The summed E-state index contributed by atoms with van der Waals surface area (Å²) < 4.78 is 5.13. The lowest BCUT2D eigenvalue weighted by atomic mass is 10.2. The number of ether oxygens (including phenoxy) is 1. The summed E-state index contributed by atoms with van der Waals surface area (Å²) >= 11 is 1.36.